The lowest BCUT2D eigenvalue weighted by molar-refractivity contribution is -0.153. The first-order valence-corrected chi connectivity index (χ1v) is 11.9. The molecule has 1 unspecified atom stereocenters. The Bertz CT molecular complexity index is 1030. The standard InChI is InChI=1S/C27H32N2O3/c1-19-3-2-14-28(19)15-10-20-4-6-21(7-5-20)22-8-9-24-18-29(16-11-23(24)17-22)25(30)27(12-13-27)26(31)32/h4-9,17,19H,2-3,10-16,18H2,1H3,(H,31,32). The number of nitrogens with zero attached hydrogens (tertiary/aromatic N) is 2. The van der Waals surface area contributed by atoms with Crippen LogP contribution in [0.2, 0.25) is 0 Å². The van der Waals surface area contributed by atoms with Crippen LogP contribution in [0.3, 0.4) is 0 Å². The molecule has 2 aromatic carbocycles. The molecule has 0 bridgehead atoms. The summed E-state index contributed by atoms with van der Waals surface area (Å²) in [5.74, 6) is -1.18. The SMILES string of the molecule is CC1CCCN1CCc1ccc(-c2ccc3c(c2)CCN(C(=O)C2(C(=O)O)CC2)C3)cc1. The van der Waals surface area contributed by atoms with E-state index >= 15 is 0 Å². The van der Waals surface area contributed by atoms with Crippen LogP contribution in [0.4, 0.5) is 0 Å². The van der Waals surface area contributed by atoms with Crippen molar-refractivity contribution in [3.63, 3.8) is 0 Å². The lowest BCUT2D eigenvalue weighted by atomic mass is 9.93. The molecule has 1 N–H and O–H groups in total. The second-order valence-corrected chi connectivity index (χ2v) is 9.82. The maximum atomic E-state index is 12.8. The van der Waals surface area contributed by atoms with Gasteiger partial charge < -0.3 is 14.9 Å². The fourth-order valence-corrected chi connectivity index (χ4v) is 5.31. The molecule has 5 heteroatoms. The summed E-state index contributed by atoms with van der Waals surface area (Å²) < 4.78 is 0. The van der Waals surface area contributed by atoms with Crippen molar-refractivity contribution in [3.05, 3.63) is 59.2 Å². The van der Waals surface area contributed by atoms with Crippen LogP contribution in [-0.2, 0) is 29.0 Å². The molecule has 0 radical (unpaired) electrons. The molecule has 32 heavy (non-hydrogen) atoms. The van der Waals surface area contributed by atoms with Crippen LogP contribution >= 0.6 is 0 Å². The highest BCUT2D eigenvalue weighted by atomic mass is 16.4. The maximum absolute atomic E-state index is 12.8. The van der Waals surface area contributed by atoms with Crippen molar-refractivity contribution in [1.82, 2.24) is 9.80 Å². The summed E-state index contributed by atoms with van der Waals surface area (Å²) in [4.78, 5) is 28.6. The van der Waals surface area contributed by atoms with Gasteiger partial charge in [-0.3, -0.25) is 9.59 Å². The summed E-state index contributed by atoms with van der Waals surface area (Å²) in [6.45, 7) is 5.80. The molecule has 0 aromatic heterocycles. The number of rotatable bonds is 6. The van der Waals surface area contributed by atoms with E-state index in [-0.39, 0.29) is 5.91 Å². The van der Waals surface area contributed by atoms with Crippen LogP contribution in [0.15, 0.2) is 42.5 Å². The summed E-state index contributed by atoms with van der Waals surface area (Å²) >= 11 is 0. The maximum Gasteiger partial charge on any atom is 0.319 e. The monoisotopic (exact) mass is 432 g/mol. The molecule has 1 atom stereocenters. The van der Waals surface area contributed by atoms with Crippen LogP contribution < -0.4 is 0 Å². The van der Waals surface area contributed by atoms with E-state index in [0.717, 1.165) is 31.0 Å². The first-order chi connectivity index (χ1) is 15.5. The van der Waals surface area contributed by atoms with E-state index in [0.29, 0.717) is 25.9 Å². The van der Waals surface area contributed by atoms with Crippen molar-refractivity contribution in [1.29, 1.82) is 0 Å². The Morgan fingerprint density at radius 3 is 2.44 bits per heavy atom. The average Bonchev–Trinajstić information content (AvgIpc) is 3.53. The highest BCUT2D eigenvalue weighted by molar-refractivity contribution is 6.04. The molecule has 5 nitrogen and oxygen atoms in total. The van der Waals surface area contributed by atoms with Gasteiger partial charge in [0.15, 0.2) is 0 Å². The fraction of sp³-hybridized carbons (Fsp3) is 0.481. The minimum atomic E-state index is -1.15. The van der Waals surface area contributed by atoms with Crippen molar-refractivity contribution in [2.45, 2.75) is 58.0 Å². The predicted octanol–water partition coefficient (Wildman–Crippen LogP) is 4.13. The molecular weight excluding hydrogens is 400 g/mol. The minimum absolute atomic E-state index is 0.210. The largest absolute Gasteiger partial charge is 0.480 e. The topological polar surface area (TPSA) is 60.9 Å². The first kappa shape index (κ1) is 21.2. The second-order valence-electron chi connectivity index (χ2n) is 9.82. The van der Waals surface area contributed by atoms with Crippen LogP contribution in [0.1, 0.15) is 49.3 Å². The molecule has 1 saturated heterocycles. The predicted molar refractivity (Wildman–Crippen MR) is 124 cm³/mol. The van der Waals surface area contributed by atoms with Crippen molar-refractivity contribution in [2.24, 2.45) is 5.41 Å². The lowest BCUT2D eigenvalue weighted by Crippen LogP contribution is -2.43. The van der Waals surface area contributed by atoms with E-state index < -0.39 is 11.4 Å². The van der Waals surface area contributed by atoms with Crippen LogP contribution in [0.5, 0.6) is 0 Å². The molecule has 5 rings (SSSR count). The number of carbonyl (C=O) groups excluding carboxylic acids is 1. The van der Waals surface area contributed by atoms with Gasteiger partial charge in [0.25, 0.3) is 0 Å². The van der Waals surface area contributed by atoms with Crippen LogP contribution in [0, 0.1) is 5.41 Å². The number of carboxylic acids is 1. The molecule has 3 aliphatic rings. The van der Waals surface area contributed by atoms with Gasteiger partial charge in [-0.1, -0.05) is 42.5 Å². The summed E-state index contributed by atoms with van der Waals surface area (Å²) in [5.41, 5.74) is 5.04. The van der Waals surface area contributed by atoms with E-state index in [1.807, 2.05) is 0 Å². The molecule has 1 saturated carbocycles. The van der Waals surface area contributed by atoms with Crippen molar-refractivity contribution in [3.8, 4) is 11.1 Å². The molecule has 2 heterocycles. The van der Waals surface area contributed by atoms with E-state index in [2.05, 4.69) is 54.3 Å². The Morgan fingerprint density at radius 1 is 1.03 bits per heavy atom. The molecular formula is C27H32N2O3. The zero-order chi connectivity index (χ0) is 22.3. The quantitative estimate of drug-likeness (QED) is 0.698. The van der Waals surface area contributed by atoms with Crippen molar-refractivity contribution < 1.29 is 14.7 Å². The smallest absolute Gasteiger partial charge is 0.319 e. The molecule has 0 spiro atoms. The van der Waals surface area contributed by atoms with Gasteiger partial charge in [-0.15, -0.1) is 0 Å². The number of amides is 1. The van der Waals surface area contributed by atoms with Gasteiger partial charge in [0.1, 0.15) is 5.41 Å². The summed E-state index contributed by atoms with van der Waals surface area (Å²) in [5, 5.41) is 9.43. The lowest BCUT2D eigenvalue weighted by Gasteiger charge is -2.31. The van der Waals surface area contributed by atoms with Gasteiger partial charge in [-0.05, 0) is 79.8 Å². The zero-order valence-corrected chi connectivity index (χ0v) is 18.8. The third kappa shape index (κ3) is 3.95. The van der Waals surface area contributed by atoms with Gasteiger partial charge in [0.2, 0.25) is 5.91 Å². The Kier molecular flexibility index (Phi) is 5.54. The molecule has 1 amide bonds. The highest BCUT2D eigenvalue weighted by Crippen LogP contribution is 2.48. The van der Waals surface area contributed by atoms with E-state index in [1.54, 1.807) is 4.90 Å². The van der Waals surface area contributed by atoms with Crippen LogP contribution in [0.25, 0.3) is 11.1 Å². The molecule has 2 fully saturated rings. The number of carboxylic acid groups (broad SMARTS) is 1. The van der Waals surface area contributed by atoms with Crippen molar-refractivity contribution in [2.75, 3.05) is 19.6 Å². The Balaban J connectivity index is 1.24. The Labute approximate surface area is 190 Å². The van der Waals surface area contributed by atoms with Gasteiger partial charge in [-0.2, -0.15) is 0 Å². The molecule has 2 aliphatic heterocycles. The molecule has 2 aromatic rings. The van der Waals surface area contributed by atoms with E-state index in [1.165, 1.54) is 41.6 Å². The number of hydrogen-bond donors (Lipinski definition) is 1. The second kappa shape index (κ2) is 8.36. The number of benzene rings is 2. The number of aliphatic carboxylic acids is 1. The van der Waals surface area contributed by atoms with Crippen LogP contribution in [-0.4, -0.2) is 52.5 Å². The highest BCUT2D eigenvalue weighted by Gasteiger charge is 2.58. The summed E-state index contributed by atoms with van der Waals surface area (Å²) in [6, 6.07) is 16.1. The minimum Gasteiger partial charge on any atom is -0.480 e. The molecule has 1 aliphatic carbocycles. The van der Waals surface area contributed by atoms with Gasteiger partial charge in [0.05, 0.1) is 0 Å². The Hall–Kier alpha value is -2.66. The third-order valence-corrected chi connectivity index (χ3v) is 7.74. The third-order valence-electron chi connectivity index (χ3n) is 7.74. The average molecular weight is 433 g/mol. The van der Waals surface area contributed by atoms with E-state index in [4.69, 9.17) is 0 Å². The van der Waals surface area contributed by atoms with E-state index in [9.17, 15) is 14.7 Å². The summed E-state index contributed by atoms with van der Waals surface area (Å²) in [7, 11) is 0. The number of likely N-dealkylation sites (tertiary alicyclic amines) is 1. The zero-order valence-electron chi connectivity index (χ0n) is 18.8. The van der Waals surface area contributed by atoms with Crippen molar-refractivity contribution >= 4 is 11.9 Å². The number of hydrogen-bond acceptors (Lipinski definition) is 3. The Morgan fingerprint density at radius 2 is 1.78 bits per heavy atom. The fourth-order valence-electron chi connectivity index (χ4n) is 5.31. The normalized spacial score (nSPS) is 21.9. The first-order valence-electron chi connectivity index (χ1n) is 11.9. The van der Waals surface area contributed by atoms with Gasteiger partial charge in [0, 0.05) is 25.7 Å². The van der Waals surface area contributed by atoms with Gasteiger partial charge in [-0.25, -0.2) is 0 Å². The summed E-state index contributed by atoms with van der Waals surface area (Å²) in [6.07, 6.45) is 5.45. The van der Waals surface area contributed by atoms with Gasteiger partial charge >= 0.3 is 5.97 Å². The molecule has 168 valence electrons. The number of carbonyl (C=O) groups is 2. The number of fused-ring (bicyclic) bond motifs is 1.